The molecule has 3 rings (SSSR count). The van der Waals surface area contributed by atoms with Crippen LogP contribution < -0.4 is 4.72 Å². The predicted octanol–water partition coefficient (Wildman–Crippen LogP) is 1.67. The zero-order valence-corrected chi connectivity index (χ0v) is 14.7. The first-order valence-corrected chi connectivity index (χ1v) is 9.26. The van der Waals surface area contributed by atoms with E-state index in [0.29, 0.717) is 26.2 Å². The molecule has 2 heterocycles. The van der Waals surface area contributed by atoms with Crippen LogP contribution in [0, 0.1) is 11.6 Å². The number of fused-ring (bicyclic) bond motifs is 1. The van der Waals surface area contributed by atoms with Crippen molar-refractivity contribution in [3.63, 3.8) is 0 Å². The Morgan fingerprint density at radius 1 is 1.19 bits per heavy atom. The second kappa shape index (κ2) is 7.04. The molecule has 0 saturated carbocycles. The molecule has 1 amide bonds. The normalized spacial score (nSPS) is 14.4. The molecule has 26 heavy (non-hydrogen) atoms. The maximum Gasteiger partial charge on any atom is 0.270 e. The van der Waals surface area contributed by atoms with Crippen molar-refractivity contribution in [3.8, 4) is 0 Å². The molecule has 1 N–H and O–H groups in total. The highest BCUT2D eigenvalue weighted by atomic mass is 32.2. The summed E-state index contributed by atoms with van der Waals surface area (Å²) >= 11 is 0. The van der Waals surface area contributed by atoms with E-state index in [-0.39, 0.29) is 22.2 Å². The van der Waals surface area contributed by atoms with Gasteiger partial charge < -0.3 is 14.2 Å². The van der Waals surface area contributed by atoms with Gasteiger partial charge in [0, 0.05) is 39.0 Å². The van der Waals surface area contributed by atoms with Crippen molar-refractivity contribution in [1.29, 1.82) is 0 Å². The minimum atomic E-state index is -4.05. The molecule has 140 valence electrons. The molecule has 0 radical (unpaired) electrons. The quantitative estimate of drug-likeness (QED) is 0.820. The zero-order valence-electron chi connectivity index (χ0n) is 13.9. The Morgan fingerprint density at radius 3 is 2.65 bits per heavy atom. The summed E-state index contributed by atoms with van der Waals surface area (Å²) in [5.74, 6) is -2.53. The number of nitrogens with one attached hydrogen (secondary N) is 1. The van der Waals surface area contributed by atoms with Crippen molar-refractivity contribution >= 4 is 21.6 Å². The van der Waals surface area contributed by atoms with E-state index in [1.165, 1.54) is 19.4 Å². The first-order chi connectivity index (χ1) is 12.3. The first-order valence-electron chi connectivity index (χ1n) is 7.78. The lowest BCUT2D eigenvalue weighted by atomic mass is 10.3. The molecular weight excluding hydrogens is 368 g/mol. The fourth-order valence-corrected chi connectivity index (χ4v) is 3.76. The Labute approximate surface area is 149 Å². The SMILES string of the molecule is COCCN1CCn2cc(S(=O)(=O)Nc3ccc(F)c(F)c3)cc2C1=O. The molecule has 7 nitrogen and oxygen atoms in total. The maximum atomic E-state index is 13.3. The highest BCUT2D eigenvalue weighted by Gasteiger charge is 2.28. The summed E-state index contributed by atoms with van der Waals surface area (Å²) in [6, 6.07) is 3.96. The van der Waals surface area contributed by atoms with Crippen molar-refractivity contribution in [1.82, 2.24) is 9.47 Å². The van der Waals surface area contributed by atoms with Gasteiger partial charge in [0.25, 0.3) is 15.9 Å². The number of amides is 1. The van der Waals surface area contributed by atoms with Crippen molar-refractivity contribution < 1.29 is 26.7 Å². The van der Waals surface area contributed by atoms with Crippen LogP contribution in [0.2, 0.25) is 0 Å². The Balaban J connectivity index is 1.84. The predicted molar refractivity (Wildman–Crippen MR) is 89.4 cm³/mol. The summed E-state index contributed by atoms with van der Waals surface area (Å²) in [6.07, 6.45) is 1.35. The number of carbonyl (C=O) groups excluding carboxylic acids is 1. The van der Waals surface area contributed by atoms with Gasteiger partial charge in [0.05, 0.1) is 12.3 Å². The summed E-state index contributed by atoms with van der Waals surface area (Å²) in [5.41, 5.74) is 0.138. The minimum Gasteiger partial charge on any atom is -0.383 e. The Hall–Kier alpha value is -2.46. The van der Waals surface area contributed by atoms with Crippen LogP contribution in [-0.4, -0.2) is 50.6 Å². The van der Waals surface area contributed by atoms with Gasteiger partial charge in [-0.05, 0) is 18.2 Å². The van der Waals surface area contributed by atoms with Gasteiger partial charge in [-0.25, -0.2) is 17.2 Å². The molecule has 1 aliphatic rings. The van der Waals surface area contributed by atoms with Crippen LogP contribution in [0.3, 0.4) is 0 Å². The van der Waals surface area contributed by atoms with E-state index in [9.17, 15) is 22.0 Å². The fraction of sp³-hybridized carbons (Fsp3) is 0.312. The van der Waals surface area contributed by atoms with E-state index in [2.05, 4.69) is 4.72 Å². The number of ether oxygens (including phenoxy) is 1. The monoisotopic (exact) mass is 385 g/mol. The van der Waals surface area contributed by atoms with Crippen LogP contribution in [0.4, 0.5) is 14.5 Å². The van der Waals surface area contributed by atoms with E-state index < -0.39 is 21.7 Å². The summed E-state index contributed by atoms with van der Waals surface area (Å²) in [4.78, 5) is 13.9. The summed E-state index contributed by atoms with van der Waals surface area (Å²) in [5, 5.41) is 0. The van der Waals surface area contributed by atoms with E-state index in [4.69, 9.17) is 4.74 Å². The van der Waals surface area contributed by atoms with Gasteiger partial charge in [-0.3, -0.25) is 9.52 Å². The second-order valence-corrected chi connectivity index (χ2v) is 7.46. The molecule has 0 aliphatic carbocycles. The van der Waals surface area contributed by atoms with Crippen LogP contribution in [0.1, 0.15) is 10.5 Å². The fourth-order valence-electron chi connectivity index (χ4n) is 2.68. The lowest BCUT2D eigenvalue weighted by Gasteiger charge is -2.27. The Morgan fingerprint density at radius 2 is 1.96 bits per heavy atom. The topological polar surface area (TPSA) is 80.6 Å². The molecule has 0 atom stereocenters. The standard InChI is InChI=1S/C16H17F2N3O4S/c1-25-7-6-20-4-5-21-10-12(9-15(21)16(20)22)26(23,24)19-11-2-3-13(17)14(18)8-11/h2-3,8-10,19H,4-7H2,1H3. The second-order valence-electron chi connectivity index (χ2n) is 5.77. The zero-order chi connectivity index (χ0) is 18.9. The van der Waals surface area contributed by atoms with E-state index >= 15 is 0 Å². The number of hydrogen-bond donors (Lipinski definition) is 1. The summed E-state index contributed by atoms with van der Waals surface area (Å²) in [7, 11) is -2.52. The van der Waals surface area contributed by atoms with Crippen LogP contribution in [-0.2, 0) is 21.3 Å². The summed E-state index contributed by atoms with van der Waals surface area (Å²) in [6.45, 7) is 1.69. The average molecular weight is 385 g/mol. The molecule has 0 unspecified atom stereocenters. The number of nitrogens with zero attached hydrogens (tertiary/aromatic N) is 2. The van der Waals surface area contributed by atoms with Gasteiger partial charge in [0.2, 0.25) is 0 Å². The first kappa shape index (κ1) is 18.3. The van der Waals surface area contributed by atoms with Crippen LogP contribution in [0.15, 0.2) is 35.4 Å². The smallest absolute Gasteiger partial charge is 0.270 e. The molecule has 10 heteroatoms. The molecule has 1 aromatic heterocycles. The van der Waals surface area contributed by atoms with Crippen molar-refractivity contribution in [2.75, 3.05) is 31.5 Å². The molecule has 0 saturated heterocycles. The Kier molecular flexibility index (Phi) is 4.97. The van der Waals surface area contributed by atoms with E-state index in [1.807, 2.05) is 0 Å². The number of hydrogen-bond acceptors (Lipinski definition) is 4. The largest absolute Gasteiger partial charge is 0.383 e. The van der Waals surface area contributed by atoms with Crippen LogP contribution in [0.5, 0.6) is 0 Å². The van der Waals surface area contributed by atoms with Gasteiger partial charge in [-0.1, -0.05) is 0 Å². The number of methoxy groups -OCH3 is 1. The van der Waals surface area contributed by atoms with Crippen LogP contribution >= 0.6 is 0 Å². The van der Waals surface area contributed by atoms with Gasteiger partial charge in [-0.15, -0.1) is 0 Å². The third-order valence-corrected chi connectivity index (χ3v) is 5.38. The number of aromatic nitrogens is 1. The lowest BCUT2D eigenvalue weighted by molar-refractivity contribution is 0.0641. The third-order valence-electron chi connectivity index (χ3n) is 4.04. The highest BCUT2D eigenvalue weighted by Crippen LogP contribution is 2.23. The molecule has 0 bridgehead atoms. The molecule has 0 fully saturated rings. The number of rotatable bonds is 6. The molecule has 0 spiro atoms. The number of benzene rings is 1. The average Bonchev–Trinajstić information content (AvgIpc) is 3.04. The molecular formula is C16H17F2N3O4S. The van der Waals surface area contributed by atoms with Gasteiger partial charge >= 0.3 is 0 Å². The van der Waals surface area contributed by atoms with Gasteiger partial charge in [0.1, 0.15) is 10.6 Å². The highest BCUT2D eigenvalue weighted by molar-refractivity contribution is 7.92. The number of anilines is 1. The van der Waals surface area contributed by atoms with Crippen molar-refractivity contribution in [2.24, 2.45) is 0 Å². The van der Waals surface area contributed by atoms with E-state index in [0.717, 1.165) is 18.2 Å². The van der Waals surface area contributed by atoms with E-state index in [1.54, 1.807) is 9.47 Å². The Bertz CT molecular complexity index is 943. The lowest BCUT2D eigenvalue weighted by Crippen LogP contribution is -2.41. The summed E-state index contributed by atoms with van der Waals surface area (Å²) < 4.78 is 59.9. The molecule has 2 aromatic rings. The van der Waals surface area contributed by atoms with Crippen molar-refractivity contribution in [2.45, 2.75) is 11.4 Å². The number of carbonyl (C=O) groups is 1. The number of sulfonamides is 1. The maximum absolute atomic E-state index is 13.3. The molecule has 1 aliphatic heterocycles. The van der Waals surface area contributed by atoms with Crippen molar-refractivity contribution in [3.05, 3.63) is 47.8 Å². The third kappa shape index (κ3) is 3.56. The van der Waals surface area contributed by atoms with Gasteiger partial charge in [-0.2, -0.15) is 0 Å². The molecule has 1 aromatic carbocycles. The van der Waals surface area contributed by atoms with Crippen LogP contribution in [0.25, 0.3) is 0 Å². The number of halogens is 2. The minimum absolute atomic E-state index is 0.110. The van der Waals surface area contributed by atoms with Gasteiger partial charge in [0.15, 0.2) is 11.6 Å².